The quantitative estimate of drug-likeness (QED) is 0.867. The monoisotopic (exact) mass is 287 g/mol. The number of nitrogens with zero attached hydrogens (tertiary/aromatic N) is 2. The zero-order valence-electron chi connectivity index (χ0n) is 12.5. The van der Waals surface area contributed by atoms with Crippen molar-refractivity contribution in [2.75, 3.05) is 6.54 Å². The lowest BCUT2D eigenvalue weighted by molar-refractivity contribution is 0.489. The highest BCUT2D eigenvalue weighted by Crippen LogP contribution is 2.30. The standard InChI is InChI=1S/C17H22FN3/c1-2-11-19-15-8-4-6-9-16-13(15)12-20-21(16)17-10-5-3-7-14(17)18/h3,5,7,10,12,15,19H,2,4,6,8-9,11H2,1H3. The minimum Gasteiger partial charge on any atom is -0.310 e. The first kappa shape index (κ1) is 14.3. The number of hydrogen-bond donors (Lipinski definition) is 1. The topological polar surface area (TPSA) is 29.9 Å². The Hall–Kier alpha value is -1.68. The Morgan fingerprint density at radius 2 is 2.19 bits per heavy atom. The maximum absolute atomic E-state index is 14.0. The van der Waals surface area contributed by atoms with Gasteiger partial charge in [-0.15, -0.1) is 0 Å². The van der Waals surface area contributed by atoms with Crippen LogP contribution in [0.5, 0.6) is 0 Å². The van der Waals surface area contributed by atoms with Crippen LogP contribution in [-0.4, -0.2) is 16.3 Å². The molecule has 4 heteroatoms. The van der Waals surface area contributed by atoms with E-state index in [0.29, 0.717) is 11.7 Å². The van der Waals surface area contributed by atoms with E-state index in [-0.39, 0.29) is 5.82 Å². The Kier molecular flexibility index (Phi) is 4.34. The van der Waals surface area contributed by atoms with Gasteiger partial charge in [-0.3, -0.25) is 0 Å². The molecule has 0 bridgehead atoms. The van der Waals surface area contributed by atoms with Crippen molar-refractivity contribution in [3.05, 3.63) is 47.5 Å². The average molecular weight is 287 g/mol. The molecule has 0 spiro atoms. The number of hydrogen-bond acceptors (Lipinski definition) is 2. The molecule has 1 aromatic heterocycles. The van der Waals surface area contributed by atoms with Gasteiger partial charge in [0.25, 0.3) is 0 Å². The zero-order chi connectivity index (χ0) is 14.7. The fourth-order valence-electron chi connectivity index (χ4n) is 3.09. The van der Waals surface area contributed by atoms with Crippen LogP contribution in [-0.2, 0) is 6.42 Å². The summed E-state index contributed by atoms with van der Waals surface area (Å²) in [4.78, 5) is 0. The molecule has 0 amide bonds. The summed E-state index contributed by atoms with van der Waals surface area (Å²) in [6, 6.07) is 7.21. The second-order valence-corrected chi connectivity index (χ2v) is 5.66. The number of benzene rings is 1. The highest BCUT2D eigenvalue weighted by atomic mass is 19.1. The Morgan fingerprint density at radius 1 is 1.33 bits per heavy atom. The van der Waals surface area contributed by atoms with Crippen LogP contribution < -0.4 is 5.32 Å². The van der Waals surface area contributed by atoms with Gasteiger partial charge < -0.3 is 5.32 Å². The van der Waals surface area contributed by atoms with Gasteiger partial charge in [-0.25, -0.2) is 9.07 Å². The minimum atomic E-state index is -0.217. The van der Waals surface area contributed by atoms with Crippen molar-refractivity contribution in [1.82, 2.24) is 15.1 Å². The summed E-state index contributed by atoms with van der Waals surface area (Å²) in [5.41, 5.74) is 2.95. The molecule has 1 heterocycles. The van der Waals surface area contributed by atoms with E-state index in [4.69, 9.17) is 0 Å². The normalized spacial score (nSPS) is 18.3. The Labute approximate surface area is 125 Å². The molecule has 0 saturated heterocycles. The Bertz CT molecular complexity index is 606. The van der Waals surface area contributed by atoms with Gasteiger partial charge in [0.05, 0.1) is 6.20 Å². The SMILES string of the molecule is CCCNC1CCCCc2c1cnn2-c1ccccc1F. The van der Waals surface area contributed by atoms with E-state index in [2.05, 4.69) is 17.3 Å². The highest BCUT2D eigenvalue weighted by molar-refractivity contribution is 5.37. The van der Waals surface area contributed by atoms with Crippen LogP contribution in [0.15, 0.2) is 30.5 Å². The smallest absolute Gasteiger partial charge is 0.148 e. The first-order chi connectivity index (χ1) is 10.3. The third-order valence-electron chi connectivity index (χ3n) is 4.15. The zero-order valence-corrected chi connectivity index (χ0v) is 12.5. The molecule has 0 radical (unpaired) electrons. The molecule has 0 fully saturated rings. The fourth-order valence-corrected chi connectivity index (χ4v) is 3.09. The number of nitrogens with one attached hydrogen (secondary N) is 1. The molecular weight excluding hydrogens is 265 g/mol. The van der Waals surface area contributed by atoms with Crippen molar-refractivity contribution in [2.24, 2.45) is 0 Å². The molecule has 1 unspecified atom stereocenters. The van der Waals surface area contributed by atoms with Gasteiger partial charge >= 0.3 is 0 Å². The second kappa shape index (κ2) is 6.39. The maximum Gasteiger partial charge on any atom is 0.148 e. The van der Waals surface area contributed by atoms with Crippen LogP contribution >= 0.6 is 0 Å². The predicted molar refractivity (Wildman–Crippen MR) is 82.1 cm³/mol. The van der Waals surface area contributed by atoms with Crippen LogP contribution in [0.2, 0.25) is 0 Å². The summed E-state index contributed by atoms with van der Waals surface area (Å²) in [6.45, 7) is 3.18. The predicted octanol–water partition coefficient (Wildman–Crippen LogP) is 3.78. The van der Waals surface area contributed by atoms with Gasteiger partial charge in [0, 0.05) is 17.3 Å². The van der Waals surface area contributed by atoms with Crippen molar-refractivity contribution in [3.63, 3.8) is 0 Å². The van der Waals surface area contributed by atoms with Crippen LogP contribution in [0, 0.1) is 5.82 Å². The fraction of sp³-hybridized carbons (Fsp3) is 0.471. The van der Waals surface area contributed by atoms with Crippen molar-refractivity contribution < 1.29 is 4.39 Å². The van der Waals surface area contributed by atoms with Gasteiger partial charge in [0.15, 0.2) is 0 Å². The third-order valence-corrected chi connectivity index (χ3v) is 4.15. The number of rotatable bonds is 4. The largest absolute Gasteiger partial charge is 0.310 e. The van der Waals surface area contributed by atoms with E-state index in [9.17, 15) is 4.39 Å². The summed E-state index contributed by atoms with van der Waals surface area (Å²) in [6.07, 6.45) is 7.47. The van der Waals surface area contributed by atoms with Crippen LogP contribution in [0.4, 0.5) is 4.39 Å². The number of halogens is 1. The second-order valence-electron chi connectivity index (χ2n) is 5.66. The van der Waals surface area contributed by atoms with E-state index in [1.165, 1.54) is 18.1 Å². The number of aromatic nitrogens is 2. The van der Waals surface area contributed by atoms with Crippen LogP contribution in [0.3, 0.4) is 0 Å². The lowest BCUT2D eigenvalue weighted by atomic mass is 10.1. The van der Waals surface area contributed by atoms with Crippen molar-refractivity contribution in [1.29, 1.82) is 0 Å². The number of fused-ring (bicyclic) bond motifs is 1. The molecule has 0 aliphatic heterocycles. The van der Waals surface area contributed by atoms with E-state index >= 15 is 0 Å². The Morgan fingerprint density at radius 3 is 3.00 bits per heavy atom. The van der Waals surface area contributed by atoms with Crippen molar-refractivity contribution in [3.8, 4) is 5.69 Å². The summed E-state index contributed by atoms with van der Waals surface area (Å²) < 4.78 is 15.8. The molecule has 3 rings (SSSR count). The molecule has 3 nitrogen and oxygen atoms in total. The highest BCUT2D eigenvalue weighted by Gasteiger charge is 2.23. The van der Waals surface area contributed by atoms with Gasteiger partial charge in [-0.2, -0.15) is 5.10 Å². The first-order valence-corrected chi connectivity index (χ1v) is 7.86. The first-order valence-electron chi connectivity index (χ1n) is 7.86. The van der Waals surface area contributed by atoms with E-state index in [0.717, 1.165) is 37.9 Å². The molecular formula is C17H22FN3. The molecule has 1 aliphatic carbocycles. The van der Waals surface area contributed by atoms with Crippen LogP contribution in [0.1, 0.15) is 49.9 Å². The van der Waals surface area contributed by atoms with E-state index < -0.39 is 0 Å². The average Bonchev–Trinajstić information content (AvgIpc) is 2.80. The lowest BCUT2D eigenvalue weighted by Crippen LogP contribution is -2.22. The molecule has 1 aromatic carbocycles. The molecule has 1 aliphatic rings. The molecule has 2 aromatic rings. The number of para-hydroxylation sites is 1. The molecule has 0 saturated carbocycles. The van der Waals surface area contributed by atoms with E-state index in [1.54, 1.807) is 16.8 Å². The lowest BCUT2D eigenvalue weighted by Gasteiger charge is -2.16. The van der Waals surface area contributed by atoms with E-state index in [1.807, 2.05) is 12.3 Å². The molecule has 21 heavy (non-hydrogen) atoms. The third kappa shape index (κ3) is 2.86. The Balaban J connectivity index is 1.99. The maximum atomic E-state index is 14.0. The molecule has 112 valence electrons. The van der Waals surface area contributed by atoms with Crippen molar-refractivity contribution in [2.45, 2.75) is 45.1 Å². The van der Waals surface area contributed by atoms with Crippen LogP contribution in [0.25, 0.3) is 5.69 Å². The molecule has 1 N–H and O–H groups in total. The molecule has 1 atom stereocenters. The van der Waals surface area contributed by atoms with Gasteiger partial charge in [-0.1, -0.05) is 25.5 Å². The van der Waals surface area contributed by atoms with Gasteiger partial charge in [-0.05, 0) is 44.4 Å². The minimum absolute atomic E-state index is 0.217. The summed E-state index contributed by atoms with van der Waals surface area (Å²) in [5.74, 6) is -0.217. The van der Waals surface area contributed by atoms with Gasteiger partial charge in [0.2, 0.25) is 0 Å². The van der Waals surface area contributed by atoms with Crippen molar-refractivity contribution >= 4 is 0 Å². The van der Waals surface area contributed by atoms with Gasteiger partial charge in [0.1, 0.15) is 11.5 Å². The summed E-state index contributed by atoms with van der Waals surface area (Å²) >= 11 is 0. The summed E-state index contributed by atoms with van der Waals surface area (Å²) in [7, 11) is 0. The summed E-state index contributed by atoms with van der Waals surface area (Å²) in [5, 5.41) is 8.07.